The first-order chi connectivity index (χ1) is 15.8. The van der Waals surface area contributed by atoms with E-state index in [2.05, 4.69) is 30.4 Å². The number of nitrogens with one attached hydrogen (secondary N) is 1. The van der Waals surface area contributed by atoms with Gasteiger partial charge in [-0.25, -0.2) is 4.79 Å². The molecule has 0 aromatic heterocycles. The van der Waals surface area contributed by atoms with E-state index in [0.717, 1.165) is 69.0 Å². The fourth-order valence-corrected chi connectivity index (χ4v) is 8.59. The standard InChI is InChI=1S/C27H42N2O4/c1-17(29-33-25(31)32-16-19-5-4-14-28-19)22-8-9-23-21-7-6-18-15-20(30)10-12-26(18,2)24(21)11-13-27(22,23)3/h6,19-24,28,30H,4-5,7-16H2,1-3H3/b29-17+/t19?,20-,21-,22+,23-,24-,26-,27+/m0/s1. The van der Waals surface area contributed by atoms with Gasteiger partial charge in [0.1, 0.15) is 6.61 Å². The smallest absolute Gasteiger partial charge is 0.431 e. The number of aliphatic hydroxyl groups excluding tert-OH is 1. The third-order valence-corrected chi connectivity index (χ3v) is 10.4. The van der Waals surface area contributed by atoms with Gasteiger partial charge in [0.2, 0.25) is 0 Å². The van der Waals surface area contributed by atoms with Gasteiger partial charge in [0, 0.05) is 12.0 Å². The van der Waals surface area contributed by atoms with Gasteiger partial charge >= 0.3 is 6.16 Å². The van der Waals surface area contributed by atoms with Gasteiger partial charge in [-0.3, -0.25) is 4.84 Å². The molecule has 0 aromatic carbocycles. The third-order valence-electron chi connectivity index (χ3n) is 10.4. The molecule has 5 rings (SSSR count). The summed E-state index contributed by atoms with van der Waals surface area (Å²) in [4.78, 5) is 17.2. The van der Waals surface area contributed by atoms with E-state index < -0.39 is 6.16 Å². The zero-order valence-corrected chi connectivity index (χ0v) is 20.6. The van der Waals surface area contributed by atoms with Crippen molar-refractivity contribution < 1.29 is 19.5 Å². The van der Waals surface area contributed by atoms with E-state index in [-0.39, 0.29) is 23.0 Å². The van der Waals surface area contributed by atoms with Crippen LogP contribution in [0.2, 0.25) is 0 Å². The summed E-state index contributed by atoms with van der Waals surface area (Å²) in [5.41, 5.74) is 2.95. The summed E-state index contributed by atoms with van der Waals surface area (Å²) < 4.78 is 5.26. The summed E-state index contributed by atoms with van der Waals surface area (Å²) in [7, 11) is 0. The number of hydrogen-bond acceptors (Lipinski definition) is 6. The molecule has 6 nitrogen and oxygen atoms in total. The highest BCUT2D eigenvalue weighted by Crippen LogP contribution is 2.66. The van der Waals surface area contributed by atoms with Crippen LogP contribution in [0.4, 0.5) is 4.79 Å². The zero-order chi connectivity index (χ0) is 23.2. The van der Waals surface area contributed by atoms with Gasteiger partial charge in [0.05, 0.1) is 11.8 Å². The Morgan fingerprint density at radius 3 is 2.82 bits per heavy atom. The summed E-state index contributed by atoms with van der Waals surface area (Å²) in [6.07, 6.45) is 12.7. The summed E-state index contributed by atoms with van der Waals surface area (Å²) in [5.74, 6) is 2.50. The second-order valence-corrected chi connectivity index (χ2v) is 12.0. The number of fused-ring (bicyclic) bond motifs is 5. The minimum Gasteiger partial charge on any atom is -0.431 e. The van der Waals surface area contributed by atoms with Crippen LogP contribution in [0.3, 0.4) is 0 Å². The van der Waals surface area contributed by atoms with Crippen molar-refractivity contribution in [2.45, 2.75) is 97.1 Å². The van der Waals surface area contributed by atoms with Crippen molar-refractivity contribution >= 4 is 11.9 Å². The van der Waals surface area contributed by atoms with Gasteiger partial charge in [-0.2, -0.15) is 0 Å². The normalized spacial score (nSPS) is 45.0. The number of nitrogens with zero attached hydrogens (tertiary/aromatic N) is 1. The van der Waals surface area contributed by atoms with E-state index in [1.165, 1.54) is 24.8 Å². The van der Waals surface area contributed by atoms with E-state index >= 15 is 0 Å². The first-order valence-electron chi connectivity index (χ1n) is 13.3. The fourth-order valence-electron chi connectivity index (χ4n) is 8.59. The van der Waals surface area contributed by atoms with Gasteiger partial charge in [-0.1, -0.05) is 30.7 Å². The van der Waals surface area contributed by atoms with Crippen LogP contribution in [0.15, 0.2) is 16.8 Å². The highest BCUT2D eigenvalue weighted by atomic mass is 16.8. The Morgan fingerprint density at radius 2 is 2.03 bits per heavy atom. The van der Waals surface area contributed by atoms with E-state index in [1.807, 2.05) is 6.92 Å². The van der Waals surface area contributed by atoms with Crippen LogP contribution >= 0.6 is 0 Å². The largest absolute Gasteiger partial charge is 0.535 e. The molecule has 0 amide bonds. The van der Waals surface area contributed by atoms with Crippen molar-refractivity contribution in [2.75, 3.05) is 13.2 Å². The number of hydrogen-bond donors (Lipinski definition) is 2. The van der Waals surface area contributed by atoms with Gasteiger partial charge < -0.3 is 15.2 Å². The SMILES string of the molecule is C/C(=N\OC(=O)OCC1CCCN1)[C@H]1CC[C@H]2[C@@H]3CC=C4C[C@@H](O)CC[C@]4(C)[C@H]3CC[C@]12C. The average Bonchev–Trinajstić information content (AvgIpc) is 3.44. The molecule has 2 N–H and O–H groups in total. The van der Waals surface area contributed by atoms with Crippen molar-refractivity contribution in [3.63, 3.8) is 0 Å². The molecule has 1 aliphatic heterocycles. The molecule has 8 atom stereocenters. The van der Waals surface area contributed by atoms with Gasteiger partial charge in [-0.15, -0.1) is 0 Å². The van der Waals surface area contributed by atoms with Crippen LogP contribution in [0, 0.1) is 34.5 Å². The molecular weight excluding hydrogens is 416 g/mol. The molecular formula is C27H42N2O4. The van der Waals surface area contributed by atoms with Gasteiger partial charge in [-0.05, 0) is 106 Å². The predicted octanol–water partition coefficient (Wildman–Crippen LogP) is 5.21. The maximum Gasteiger partial charge on any atom is 0.535 e. The lowest BCUT2D eigenvalue weighted by Crippen LogP contribution is -2.50. The number of oxime groups is 1. The Kier molecular flexibility index (Phi) is 6.36. The third kappa shape index (κ3) is 4.16. The maximum atomic E-state index is 12.1. The van der Waals surface area contributed by atoms with Crippen molar-refractivity contribution in [2.24, 2.45) is 39.7 Å². The second kappa shape index (κ2) is 8.99. The molecule has 1 saturated heterocycles. The average molecular weight is 459 g/mol. The van der Waals surface area contributed by atoms with Crippen molar-refractivity contribution in [1.82, 2.24) is 5.32 Å². The summed E-state index contributed by atoms with van der Waals surface area (Å²) in [5, 5.41) is 17.8. The Hall–Kier alpha value is -1.40. The lowest BCUT2D eigenvalue weighted by atomic mass is 9.47. The van der Waals surface area contributed by atoms with E-state index in [4.69, 9.17) is 9.57 Å². The first kappa shape index (κ1) is 23.3. The molecule has 0 spiro atoms. The molecule has 4 aliphatic carbocycles. The van der Waals surface area contributed by atoms with Crippen LogP contribution in [0.5, 0.6) is 0 Å². The van der Waals surface area contributed by atoms with Gasteiger partial charge in [0.25, 0.3) is 0 Å². The summed E-state index contributed by atoms with van der Waals surface area (Å²) in [6, 6.07) is 0.242. The summed E-state index contributed by atoms with van der Waals surface area (Å²) in [6.45, 7) is 8.30. The Labute approximate surface area is 198 Å². The number of carbonyl (C=O) groups excluding carboxylic acids is 1. The van der Waals surface area contributed by atoms with Crippen molar-refractivity contribution in [3.05, 3.63) is 11.6 Å². The molecule has 6 heteroatoms. The van der Waals surface area contributed by atoms with E-state index in [0.29, 0.717) is 18.4 Å². The van der Waals surface area contributed by atoms with Crippen LogP contribution < -0.4 is 5.32 Å². The van der Waals surface area contributed by atoms with E-state index in [1.54, 1.807) is 0 Å². The molecule has 184 valence electrons. The van der Waals surface area contributed by atoms with Crippen LogP contribution in [0.1, 0.15) is 85.0 Å². The lowest BCUT2D eigenvalue weighted by Gasteiger charge is -2.58. The molecule has 0 radical (unpaired) electrons. The highest BCUT2D eigenvalue weighted by molar-refractivity contribution is 5.85. The maximum absolute atomic E-state index is 12.1. The number of ether oxygens (including phenoxy) is 1. The second-order valence-electron chi connectivity index (χ2n) is 12.0. The quantitative estimate of drug-likeness (QED) is 0.199. The number of aliphatic hydroxyl groups is 1. The molecule has 3 saturated carbocycles. The lowest BCUT2D eigenvalue weighted by molar-refractivity contribution is -0.0426. The minimum atomic E-state index is -0.691. The van der Waals surface area contributed by atoms with Crippen LogP contribution in [-0.4, -0.2) is 42.3 Å². The monoisotopic (exact) mass is 458 g/mol. The van der Waals surface area contributed by atoms with Crippen LogP contribution in [0.25, 0.3) is 0 Å². The molecule has 1 heterocycles. The van der Waals surface area contributed by atoms with Crippen molar-refractivity contribution in [3.8, 4) is 0 Å². The topological polar surface area (TPSA) is 80.2 Å². The van der Waals surface area contributed by atoms with Gasteiger partial charge in [0.15, 0.2) is 0 Å². The highest BCUT2D eigenvalue weighted by Gasteiger charge is 2.59. The Balaban J connectivity index is 1.24. The first-order valence-corrected chi connectivity index (χ1v) is 13.3. The Bertz CT molecular complexity index is 819. The summed E-state index contributed by atoms with van der Waals surface area (Å²) >= 11 is 0. The molecule has 0 bridgehead atoms. The fraction of sp³-hybridized carbons (Fsp3) is 0.852. The van der Waals surface area contributed by atoms with E-state index in [9.17, 15) is 9.90 Å². The molecule has 5 aliphatic rings. The zero-order valence-electron chi connectivity index (χ0n) is 20.6. The molecule has 4 fully saturated rings. The van der Waals surface area contributed by atoms with Crippen LogP contribution in [-0.2, 0) is 9.57 Å². The predicted molar refractivity (Wildman–Crippen MR) is 128 cm³/mol. The molecule has 0 aromatic rings. The number of carbonyl (C=O) groups is 1. The molecule has 33 heavy (non-hydrogen) atoms. The molecule has 1 unspecified atom stereocenters. The van der Waals surface area contributed by atoms with Crippen molar-refractivity contribution in [1.29, 1.82) is 0 Å². The number of rotatable bonds is 4. The number of allylic oxidation sites excluding steroid dienone is 1. The Morgan fingerprint density at radius 1 is 1.18 bits per heavy atom. The minimum absolute atomic E-state index is 0.148.